The zero-order valence-electron chi connectivity index (χ0n) is 5.50. The maximum Gasteiger partial charge on any atom is 0.586 e. The molecule has 0 heterocycles. The third-order valence-electron chi connectivity index (χ3n) is 0.893. The Morgan fingerprint density at radius 3 is 2.50 bits per heavy atom. The molecule has 0 amide bonds. The summed E-state index contributed by atoms with van der Waals surface area (Å²) in [5.41, 5.74) is 0. The molecule has 10 heavy (non-hydrogen) atoms. The van der Waals surface area contributed by atoms with E-state index < -0.39 is 5.97 Å². The Morgan fingerprint density at radius 1 is 1.50 bits per heavy atom. The second-order valence-electron chi connectivity index (χ2n) is 1.71. The molecular weight excluding hydrogens is 136 g/mol. The number of aliphatic hydroxyl groups excluding tert-OH is 1. The quantitative estimate of drug-likeness (QED) is 0.417. The van der Waals surface area contributed by atoms with Gasteiger partial charge >= 0.3 is 5.97 Å². The Hall–Kier alpha value is -1.03. The van der Waals surface area contributed by atoms with E-state index >= 15 is 0 Å². The van der Waals surface area contributed by atoms with Crippen molar-refractivity contribution in [3.63, 3.8) is 0 Å². The first-order chi connectivity index (χ1) is 4.70. The van der Waals surface area contributed by atoms with Crippen LogP contribution in [0.2, 0.25) is 0 Å². The molecule has 0 aliphatic carbocycles. The van der Waals surface area contributed by atoms with E-state index in [0.29, 0.717) is 0 Å². The summed E-state index contributed by atoms with van der Waals surface area (Å²) in [6, 6.07) is 0. The van der Waals surface area contributed by atoms with E-state index in [1.54, 1.807) is 0 Å². The lowest BCUT2D eigenvalue weighted by Gasteiger charge is -1.86. The number of carbonyl (C=O) groups is 2. The van der Waals surface area contributed by atoms with Crippen LogP contribution in [0.25, 0.3) is 0 Å². The standard InChI is InChI=1S/C6H9O4/c1-10-6(9)4-5(8)2-3-7/h7H,1-4H2/q+1. The molecule has 4 nitrogen and oxygen atoms in total. The SMILES string of the molecule is C=[O+]C(=O)CC(=O)CCO. The minimum atomic E-state index is -0.668. The highest BCUT2D eigenvalue weighted by atomic mass is 16.4. The number of hydrogen-bond donors (Lipinski definition) is 1. The van der Waals surface area contributed by atoms with Gasteiger partial charge in [-0.15, -0.1) is 0 Å². The molecule has 0 aromatic carbocycles. The topological polar surface area (TPSA) is 65.7 Å². The van der Waals surface area contributed by atoms with Crippen LogP contribution < -0.4 is 0 Å². The smallest absolute Gasteiger partial charge is 0.396 e. The average molecular weight is 145 g/mol. The van der Waals surface area contributed by atoms with Crippen molar-refractivity contribution in [3.05, 3.63) is 0 Å². The third kappa shape index (κ3) is 3.91. The van der Waals surface area contributed by atoms with Gasteiger partial charge in [-0.2, -0.15) is 0 Å². The summed E-state index contributed by atoms with van der Waals surface area (Å²) < 4.78 is 3.98. The Balaban J connectivity index is 3.57. The molecule has 0 atom stereocenters. The van der Waals surface area contributed by atoms with Gasteiger partial charge < -0.3 is 5.11 Å². The second-order valence-corrected chi connectivity index (χ2v) is 1.71. The van der Waals surface area contributed by atoms with E-state index in [0.717, 1.165) is 0 Å². The van der Waals surface area contributed by atoms with Crippen LogP contribution in [0.5, 0.6) is 0 Å². The van der Waals surface area contributed by atoms with Crippen LogP contribution in [0, 0.1) is 0 Å². The predicted molar refractivity (Wildman–Crippen MR) is 33.5 cm³/mol. The zero-order chi connectivity index (χ0) is 7.98. The van der Waals surface area contributed by atoms with Gasteiger partial charge in [0.15, 0.2) is 19.0 Å². The second kappa shape index (κ2) is 4.81. The van der Waals surface area contributed by atoms with Crippen LogP contribution in [-0.2, 0) is 14.0 Å². The fraction of sp³-hybridized carbons (Fsp3) is 0.500. The molecule has 1 N–H and O–H groups in total. The van der Waals surface area contributed by atoms with Crippen molar-refractivity contribution < 1.29 is 19.1 Å². The van der Waals surface area contributed by atoms with Crippen molar-refractivity contribution in [3.8, 4) is 0 Å². The Labute approximate surface area is 58.2 Å². The molecule has 4 heteroatoms. The molecule has 0 radical (unpaired) electrons. The summed E-state index contributed by atoms with van der Waals surface area (Å²) in [5, 5.41) is 8.23. The van der Waals surface area contributed by atoms with Crippen molar-refractivity contribution in [1.29, 1.82) is 0 Å². The van der Waals surface area contributed by atoms with E-state index in [1.165, 1.54) is 0 Å². The number of ketones is 1. The summed E-state index contributed by atoms with van der Waals surface area (Å²) in [6.07, 6.45) is -0.306. The van der Waals surface area contributed by atoms with E-state index in [-0.39, 0.29) is 25.2 Å². The largest absolute Gasteiger partial charge is 0.586 e. The summed E-state index contributed by atoms with van der Waals surface area (Å²) in [5.74, 6) is -1.00. The molecule has 0 aliphatic rings. The minimum absolute atomic E-state index is 0.00486. The van der Waals surface area contributed by atoms with Gasteiger partial charge in [-0.25, -0.2) is 0 Å². The highest BCUT2D eigenvalue weighted by molar-refractivity contribution is 5.94. The Kier molecular flexibility index (Phi) is 4.32. The molecule has 0 saturated heterocycles. The molecule has 0 aliphatic heterocycles. The van der Waals surface area contributed by atoms with Gasteiger partial charge in [0.05, 0.1) is 0 Å². The molecule has 0 fully saturated rings. The lowest BCUT2D eigenvalue weighted by atomic mass is 10.2. The molecule has 56 valence electrons. The fourth-order valence-electron chi connectivity index (χ4n) is 0.425. The van der Waals surface area contributed by atoms with Crippen LogP contribution >= 0.6 is 0 Å². The first kappa shape index (κ1) is 8.97. The average Bonchev–Trinajstić information content (AvgIpc) is 1.88. The highest BCUT2D eigenvalue weighted by Gasteiger charge is 2.17. The number of carbonyl (C=O) groups excluding carboxylic acids is 3. The van der Waals surface area contributed by atoms with Crippen molar-refractivity contribution >= 4 is 18.5 Å². The van der Waals surface area contributed by atoms with Crippen molar-refractivity contribution in [2.75, 3.05) is 6.61 Å². The normalized spacial score (nSPS) is 8.90. The van der Waals surface area contributed by atoms with Gasteiger partial charge in [0.1, 0.15) is 0 Å². The molecule has 0 aromatic heterocycles. The van der Waals surface area contributed by atoms with Crippen LogP contribution in [0.1, 0.15) is 12.8 Å². The number of rotatable bonds is 4. The van der Waals surface area contributed by atoms with Crippen molar-refractivity contribution in [2.45, 2.75) is 12.8 Å². The van der Waals surface area contributed by atoms with Gasteiger partial charge in [-0.05, 0) is 0 Å². The number of hydrogen-bond acceptors (Lipinski definition) is 3. The lowest BCUT2D eigenvalue weighted by Crippen LogP contribution is -2.08. The number of aliphatic hydroxyl groups is 1. The Bertz CT molecular complexity index is 150. The lowest BCUT2D eigenvalue weighted by molar-refractivity contribution is -0.367. The first-order valence-corrected chi connectivity index (χ1v) is 2.78. The summed E-state index contributed by atoms with van der Waals surface area (Å²) in [4.78, 5) is 20.8. The van der Waals surface area contributed by atoms with Crippen LogP contribution in [0.4, 0.5) is 0 Å². The maximum atomic E-state index is 10.5. The molecule has 0 saturated carbocycles. The molecule has 0 rings (SSSR count). The van der Waals surface area contributed by atoms with Gasteiger partial charge in [0.25, 0.3) is 0 Å². The molecule has 0 aromatic rings. The predicted octanol–water partition coefficient (Wildman–Crippen LogP) is -0.781. The maximum absolute atomic E-state index is 10.5. The molecule has 0 spiro atoms. The van der Waals surface area contributed by atoms with Gasteiger partial charge in [-0.1, -0.05) is 0 Å². The van der Waals surface area contributed by atoms with Crippen LogP contribution in [0.15, 0.2) is 0 Å². The Morgan fingerprint density at radius 2 is 2.10 bits per heavy atom. The van der Waals surface area contributed by atoms with Crippen LogP contribution in [0.3, 0.4) is 0 Å². The summed E-state index contributed by atoms with van der Waals surface area (Å²) in [7, 11) is 0. The molecule has 0 unspecified atom stereocenters. The zero-order valence-corrected chi connectivity index (χ0v) is 5.50. The van der Waals surface area contributed by atoms with Gasteiger partial charge in [0.2, 0.25) is 0 Å². The monoisotopic (exact) mass is 145 g/mol. The molecular formula is C6H9O4+. The van der Waals surface area contributed by atoms with E-state index in [9.17, 15) is 9.59 Å². The minimum Gasteiger partial charge on any atom is -0.396 e. The van der Waals surface area contributed by atoms with E-state index in [4.69, 9.17) is 5.11 Å². The fourth-order valence-corrected chi connectivity index (χ4v) is 0.425. The van der Waals surface area contributed by atoms with Gasteiger partial charge in [0, 0.05) is 17.8 Å². The third-order valence-corrected chi connectivity index (χ3v) is 0.893. The first-order valence-electron chi connectivity index (χ1n) is 2.78. The summed E-state index contributed by atoms with van der Waals surface area (Å²) in [6.45, 7) is 2.60. The van der Waals surface area contributed by atoms with E-state index in [2.05, 4.69) is 11.2 Å². The van der Waals surface area contributed by atoms with Crippen molar-refractivity contribution in [2.24, 2.45) is 0 Å². The van der Waals surface area contributed by atoms with E-state index in [1.807, 2.05) is 0 Å². The van der Waals surface area contributed by atoms with Crippen LogP contribution in [-0.4, -0.2) is 30.3 Å². The summed E-state index contributed by atoms with van der Waals surface area (Å²) >= 11 is 0. The van der Waals surface area contributed by atoms with Crippen molar-refractivity contribution in [1.82, 2.24) is 0 Å². The van der Waals surface area contributed by atoms with Gasteiger partial charge in [-0.3, -0.25) is 9.22 Å². The highest BCUT2D eigenvalue weighted by Crippen LogP contribution is 1.88. The molecule has 0 bridgehead atoms. The number of Topliss-reactive ketones (excluding diaryl/α,β-unsaturated/α-hetero) is 1.